The van der Waals surface area contributed by atoms with Crippen LogP contribution in [0.1, 0.15) is 16.7 Å². The van der Waals surface area contributed by atoms with Gasteiger partial charge in [0.15, 0.2) is 0 Å². The normalized spacial score (nSPS) is 11.1. The van der Waals surface area contributed by atoms with Crippen LogP contribution in [0.15, 0.2) is 28.9 Å². The van der Waals surface area contributed by atoms with E-state index in [-0.39, 0.29) is 15.8 Å². The number of benzene rings is 1. The number of ether oxygens (including phenoxy) is 1. The molecule has 0 atom stereocenters. The van der Waals surface area contributed by atoms with E-state index in [4.69, 9.17) is 10.00 Å². The van der Waals surface area contributed by atoms with Crippen molar-refractivity contribution < 1.29 is 23.0 Å². The Morgan fingerprint density at radius 3 is 2.59 bits per heavy atom. The summed E-state index contributed by atoms with van der Waals surface area (Å²) in [5, 5.41) is 18.5. The van der Waals surface area contributed by atoms with Gasteiger partial charge in [0.1, 0.15) is 11.3 Å². The van der Waals surface area contributed by atoms with Gasteiger partial charge in [0, 0.05) is 6.20 Å². The number of hydrogen-bond acceptors (Lipinski definition) is 4. The van der Waals surface area contributed by atoms with E-state index in [2.05, 4.69) is 20.9 Å². The first-order valence-corrected chi connectivity index (χ1v) is 6.66. The third kappa shape index (κ3) is 3.31. The van der Waals surface area contributed by atoms with E-state index in [1.54, 1.807) is 13.0 Å². The Morgan fingerprint density at radius 2 is 2.00 bits per heavy atom. The number of alkyl halides is 3. The molecule has 1 aromatic carbocycles. The molecule has 4 nitrogen and oxygen atoms in total. The fraction of sp³-hybridized carbons (Fsp3) is 0.143. The zero-order chi connectivity index (χ0) is 16.5. The highest BCUT2D eigenvalue weighted by molar-refractivity contribution is 9.10. The number of halogens is 4. The summed E-state index contributed by atoms with van der Waals surface area (Å²) in [5.41, 5.74) is -0.323. The Morgan fingerprint density at radius 1 is 1.32 bits per heavy atom. The van der Waals surface area contributed by atoms with Crippen molar-refractivity contribution >= 4 is 15.9 Å². The molecule has 0 unspecified atom stereocenters. The van der Waals surface area contributed by atoms with Crippen LogP contribution in [-0.4, -0.2) is 10.1 Å². The van der Waals surface area contributed by atoms with E-state index in [9.17, 15) is 18.3 Å². The van der Waals surface area contributed by atoms with Gasteiger partial charge >= 0.3 is 6.18 Å². The number of nitriles is 1. The fourth-order valence-corrected chi connectivity index (χ4v) is 2.32. The highest BCUT2D eigenvalue weighted by Crippen LogP contribution is 2.45. The summed E-state index contributed by atoms with van der Waals surface area (Å²) in [6, 6.07) is 6.14. The van der Waals surface area contributed by atoms with E-state index >= 15 is 0 Å². The van der Waals surface area contributed by atoms with Crippen molar-refractivity contribution in [2.75, 3.05) is 0 Å². The molecule has 0 spiro atoms. The van der Waals surface area contributed by atoms with Gasteiger partial charge in [-0.05, 0) is 46.6 Å². The molecule has 0 radical (unpaired) electrons. The van der Waals surface area contributed by atoms with Gasteiger partial charge in [-0.25, -0.2) is 4.98 Å². The van der Waals surface area contributed by atoms with Gasteiger partial charge in [0.25, 0.3) is 5.88 Å². The lowest BCUT2D eigenvalue weighted by Gasteiger charge is -2.16. The number of aromatic nitrogens is 1. The van der Waals surface area contributed by atoms with Crippen molar-refractivity contribution in [1.29, 1.82) is 5.26 Å². The van der Waals surface area contributed by atoms with Crippen LogP contribution in [0.2, 0.25) is 0 Å². The van der Waals surface area contributed by atoms with E-state index in [1.165, 1.54) is 12.1 Å². The van der Waals surface area contributed by atoms with Crippen LogP contribution in [0.5, 0.6) is 17.4 Å². The lowest BCUT2D eigenvalue weighted by molar-refractivity contribution is -0.139. The molecule has 2 aromatic rings. The second-order valence-corrected chi connectivity index (χ2v) is 5.23. The topological polar surface area (TPSA) is 66.1 Å². The van der Waals surface area contributed by atoms with Crippen molar-refractivity contribution in [2.24, 2.45) is 0 Å². The number of aryl methyl sites for hydroxylation is 1. The van der Waals surface area contributed by atoms with Crippen LogP contribution in [0.25, 0.3) is 0 Å². The summed E-state index contributed by atoms with van der Waals surface area (Å²) in [4.78, 5) is 3.43. The molecular formula is C14H8BrF3N2O2. The van der Waals surface area contributed by atoms with Crippen molar-refractivity contribution in [1.82, 2.24) is 4.98 Å². The summed E-state index contributed by atoms with van der Waals surface area (Å²) >= 11 is 2.75. The molecular weight excluding hydrogens is 365 g/mol. The van der Waals surface area contributed by atoms with Crippen LogP contribution < -0.4 is 4.74 Å². The third-order valence-electron chi connectivity index (χ3n) is 2.65. The monoisotopic (exact) mass is 372 g/mol. The first-order chi connectivity index (χ1) is 10.2. The SMILES string of the molecule is Cc1cc(C#N)cc(Oc2c(O)ncc(Br)c2C(F)(F)F)c1. The molecule has 1 heterocycles. The quantitative estimate of drug-likeness (QED) is 0.840. The van der Waals surface area contributed by atoms with Gasteiger partial charge in [0.2, 0.25) is 5.75 Å². The molecule has 0 fully saturated rings. The van der Waals surface area contributed by atoms with Crippen LogP contribution in [-0.2, 0) is 6.18 Å². The highest BCUT2D eigenvalue weighted by atomic mass is 79.9. The Labute approximate surface area is 131 Å². The number of rotatable bonds is 2. The third-order valence-corrected chi connectivity index (χ3v) is 3.25. The van der Waals surface area contributed by atoms with E-state index in [0.29, 0.717) is 5.56 Å². The number of pyridine rings is 1. The van der Waals surface area contributed by atoms with Crippen molar-refractivity contribution in [3.63, 3.8) is 0 Å². The van der Waals surface area contributed by atoms with Crippen LogP contribution in [0.3, 0.4) is 0 Å². The Bertz CT molecular complexity index is 770. The fourth-order valence-electron chi connectivity index (χ4n) is 1.81. The van der Waals surface area contributed by atoms with Gasteiger partial charge in [-0.2, -0.15) is 18.4 Å². The largest absolute Gasteiger partial charge is 0.491 e. The molecule has 0 aliphatic rings. The maximum atomic E-state index is 13.1. The minimum atomic E-state index is -4.75. The Hall–Kier alpha value is -2.27. The maximum absolute atomic E-state index is 13.1. The number of nitrogens with zero attached hydrogens (tertiary/aromatic N) is 2. The molecule has 0 aliphatic carbocycles. The molecule has 0 aliphatic heterocycles. The average molecular weight is 373 g/mol. The van der Waals surface area contributed by atoms with E-state index in [1.807, 2.05) is 6.07 Å². The standard InChI is InChI=1S/C14H8BrF3N2O2/c1-7-2-8(5-19)4-9(3-7)22-12-11(14(16,17)18)10(15)6-20-13(12)21/h2-4,6H,1H3,(H,20,21). The summed E-state index contributed by atoms with van der Waals surface area (Å²) in [6.07, 6.45) is -3.92. The van der Waals surface area contributed by atoms with Crippen LogP contribution >= 0.6 is 15.9 Å². The van der Waals surface area contributed by atoms with E-state index in [0.717, 1.165) is 6.20 Å². The summed E-state index contributed by atoms with van der Waals surface area (Å²) in [7, 11) is 0. The predicted molar refractivity (Wildman–Crippen MR) is 74.6 cm³/mol. The van der Waals surface area contributed by atoms with Crippen molar-refractivity contribution in [3.8, 4) is 23.4 Å². The number of hydrogen-bond donors (Lipinski definition) is 1. The lowest BCUT2D eigenvalue weighted by Crippen LogP contribution is -2.09. The molecule has 1 aromatic heterocycles. The van der Waals surface area contributed by atoms with Crippen molar-refractivity contribution in [2.45, 2.75) is 13.1 Å². The summed E-state index contributed by atoms with van der Waals surface area (Å²) in [6.45, 7) is 1.66. The van der Waals surface area contributed by atoms with Gasteiger partial charge < -0.3 is 9.84 Å². The van der Waals surface area contributed by atoms with Gasteiger partial charge in [-0.15, -0.1) is 0 Å². The Kier molecular flexibility index (Phi) is 4.28. The van der Waals surface area contributed by atoms with E-state index < -0.39 is 23.4 Å². The zero-order valence-electron chi connectivity index (χ0n) is 11.1. The van der Waals surface area contributed by atoms with Crippen LogP contribution in [0, 0.1) is 18.3 Å². The molecule has 1 N–H and O–H groups in total. The Balaban J connectivity index is 2.57. The molecule has 8 heteroatoms. The molecule has 22 heavy (non-hydrogen) atoms. The predicted octanol–water partition coefficient (Wildman–Crippen LogP) is 4.54. The second kappa shape index (κ2) is 5.85. The maximum Gasteiger partial charge on any atom is 0.421 e. The lowest BCUT2D eigenvalue weighted by atomic mass is 10.1. The molecule has 114 valence electrons. The zero-order valence-corrected chi connectivity index (χ0v) is 12.7. The minimum Gasteiger partial charge on any atom is -0.491 e. The van der Waals surface area contributed by atoms with Gasteiger partial charge in [-0.3, -0.25) is 0 Å². The van der Waals surface area contributed by atoms with Crippen molar-refractivity contribution in [3.05, 3.63) is 45.6 Å². The average Bonchev–Trinajstić information content (AvgIpc) is 2.40. The molecule has 0 amide bonds. The molecule has 0 saturated carbocycles. The number of aromatic hydroxyl groups is 1. The molecule has 0 saturated heterocycles. The molecule has 0 bridgehead atoms. The van der Waals surface area contributed by atoms with Gasteiger partial charge in [-0.1, -0.05) is 0 Å². The minimum absolute atomic E-state index is 0.00255. The summed E-state index contributed by atoms with van der Waals surface area (Å²) < 4.78 is 44.1. The molecule has 2 rings (SSSR count). The van der Waals surface area contributed by atoms with Gasteiger partial charge in [0.05, 0.1) is 16.1 Å². The smallest absolute Gasteiger partial charge is 0.421 e. The first kappa shape index (κ1) is 16.1. The first-order valence-electron chi connectivity index (χ1n) is 5.86. The highest BCUT2D eigenvalue weighted by Gasteiger charge is 2.39. The second-order valence-electron chi connectivity index (χ2n) is 4.38. The summed E-state index contributed by atoms with van der Waals surface area (Å²) in [5.74, 6) is -1.72. The van der Waals surface area contributed by atoms with Crippen LogP contribution in [0.4, 0.5) is 13.2 Å².